The predicted molar refractivity (Wildman–Crippen MR) is 124 cm³/mol. The molecule has 5 nitrogen and oxygen atoms in total. The lowest BCUT2D eigenvalue weighted by Gasteiger charge is -2.14. The minimum Gasteiger partial charge on any atom is -0.483 e. The van der Waals surface area contributed by atoms with Gasteiger partial charge in [0.1, 0.15) is 5.75 Å². The third-order valence-corrected chi connectivity index (χ3v) is 4.90. The van der Waals surface area contributed by atoms with E-state index in [0.29, 0.717) is 17.0 Å². The molecule has 4 aromatic carbocycles. The molecular weight excluding hydrogens is 388 g/mol. The van der Waals surface area contributed by atoms with Gasteiger partial charge in [0, 0.05) is 11.4 Å². The second-order valence-electron chi connectivity index (χ2n) is 7.17. The van der Waals surface area contributed by atoms with Gasteiger partial charge in [-0.3, -0.25) is 9.59 Å². The Morgan fingerprint density at radius 1 is 0.774 bits per heavy atom. The number of nitrogens with one attached hydrogen (secondary N) is 2. The van der Waals surface area contributed by atoms with Crippen molar-refractivity contribution in [2.24, 2.45) is 0 Å². The van der Waals surface area contributed by atoms with Gasteiger partial charge in [-0.05, 0) is 53.6 Å². The van der Waals surface area contributed by atoms with Crippen molar-refractivity contribution in [3.63, 3.8) is 0 Å². The Bertz CT molecular complexity index is 1240. The molecule has 4 aromatic rings. The highest BCUT2D eigenvalue weighted by molar-refractivity contribution is 6.09. The second-order valence-corrected chi connectivity index (χ2v) is 7.17. The summed E-state index contributed by atoms with van der Waals surface area (Å²) in [5.74, 6) is -0.240. The molecule has 0 unspecified atom stereocenters. The van der Waals surface area contributed by atoms with Crippen LogP contribution in [0.2, 0.25) is 0 Å². The molecule has 5 heteroatoms. The van der Waals surface area contributed by atoms with E-state index in [2.05, 4.69) is 10.6 Å². The van der Waals surface area contributed by atoms with Gasteiger partial charge in [-0.1, -0.05) is 60.7 Å². The summed E-state index contributed by atoms with van der Waals surface area (Å²) in [7, 11) is 0. The van der Waals surface area contributed by atoms with Crippen LogP contribution in [0, 0.1) is 6.92 Å². The number of carbonyl (C=O) groups is 2. The van der Waals surface area contributed by atoms with Crippen LogP contribution in [0.25, 0.3) is 10.8 Å². The van der Waals surface area contributed by atoms with E-state index in [1.165, 1.54) is 0 Å². The first-order valence-electron chi connectivity index (χ1n) is 9.97. The Morgan fingerprint density at radius 3 is 2.16 bits per heavy atom. The van der Waals surface area contributed by atoms with Crippen LogP contribution in [0.15, 0.2) is 91.0 Å². The zero-order valence-electron chi connectivity index (χ0n) is 17.1. The molecule has 0 saturated carbocycles. The van der Waals surface area contributed by atoms with E-state index in [1.54, 1.807) is 24.3 Å². The van der Waals surface area contributed by atoms with E-state index in [0.717, 1.165) is 22.0 Å². The third kappa shape index (κ3) is 4.90. The highest BCUT2D eigenvalue weighted by atomic mass is 16.5. The summed E-state index contributed by atoms with van der Waals surface area (Å²) in [5, 5.41) is 7.56. The predicted octanol–water partition coefficient (Wildman–Crippen LogP) is 5.42. The summed E-state index contributed by atoms with van der Waals surface area (Å²) < 4.78 is 5.80. The summed E-state index contributed by atoms with van der Waals surface area (Å²) in [6, 6.07) is 28.0. The molecule has 0 fully saturated rings. The highest BCUT2D eigenvalue weighted by Gasteiger charge is 2.16. The minimum atomic E-state index is -0.301. The molecule has 0 aliphatic rings. The molecule has 0 bridgehead atoms. The lowest BCUT2D eigenvalue weighted by atomic mass is 10.0. The van der Waals surface area contributed by atoms with Crippen molar-refractivity contribution in [1.82, 2.24) is 0 Å². The molecule has 31 heavy (non-hydrogen) atoms. The maximum absolute atomic E-state index is 13.1. The van der Waals surface area contributed by atoms with Crippen LogP contribution in [0.4, 0.5) is 11.4 Å². The quantitative estimate of drug-likeness (QED) is 0.446. The maximum Gasteiger partial charge on any atom is 0.262 e. The van der Waals surface area contributed by atoms with Crippen LogP contribution in [-0.2, 0) is 4.79 Å². The van der Waals surface area contributed by atoms with Crippen LogP contribution < -0.4 is 15.4 Å². The molecule has 0 heterocycles. The van der Waals surface area contributed by atoms with Crippen molar-refractivity contribution in [2.45, 2.75) is 6.92 Å². The number of fused-ring (bicyclic) bond motifs is 1. The zero-order chi connectivity index (χ0) is 21.6. The van der Waals surface area contributed by atoms with Crippen LogP contribution in [0.1, 0.15) is 15.9 Å². The molecule has 0 aliphatic heterocycles. The van der Waals surface area contributed by atoms with Gasteiger partial charge in [0.2, 0.25) is 0 Å². The van der Waals surface area contributed by atoms with Crippen LogP contribution >= 0.6 is 0 Å². The smallest absolute Gasteiger partial charge is 0.262 e. The molecule has 4 rings (SSSR count). The maximum atomic E-state index is 13.1. The van der Waals surface area contributed by atoms with E-state index in [-0.39, 0.29) is 18.4 Å². The first kappa shape index (κ1) is 20.2. The fourth-order valence-electron chi connectivity index (χ4n) is 3.28. The number of amides is 2. The standard InChI is InChI=1S/C26H22N2O3/c1-18-9-5-8-14-23(18)28-26(30)22-15-19-10-6-7-11-20(19)16-24(22)31-17-25(29)27-21-12-3-2-4-13-21/h2-16H,17H2,1H3,(H,27,29)(H,28,30). The zero-order valence-corrected chi connectivity index (χ0v) is 17.1. The van der Waals surface area contributed by atoms with E-state index >= 15 is 0 Å². The number of hydrogen-bond acceptors (Lipinski definition) is 3. The SMILES string of the molecule is Cc1ccccc1NC(=O)c1cc2ccccc2cc1OCC(=O)Nc1ccccc1. The lowest BCUT2D eigenvalue weighted by Crippen LogP contribution is -2.21. The molecule has 154 valence electrons. The summed E-state index contributed by atoms with van der Waals surface area (Å²) >= 11 is 0. The van der Waals surface area contributed by atoms with Crippen molar-refractivity contribution in [1.29, 1.82) is 0 Å². The van der Waals surface area contributed by atoms with Gasteiger partial charge in [-0.15, -0.1) is 0 Å². The van der Waals surface area contributed by atoms with Crippen LogP contribution in [-0.4, -0.2) is 18.4 Å². The summed E-state index contributed by atoms with van der Waals surface area (Å²) in [6.07, 6.45) is 0. The fraction of sp³-hybridized carbons (Fsp3) is 0.0769. The number of rotatable bonds is 6. The van der Waals surface area contributed by atoms with Gasteiger partial charge in [-0.25, -0.2) is 0 Å². The molecule has 0 atom stereocenters. The Hall–Kier alpha value is -4.12. The van der Waals surface area contributed by atoms with Gasteiger partial charge in [-0.2, -0.15) is 0 Å². The second kappa shape index (κ2) is 9.13. The fourth-order valence-corrected chi connectivity index (χ4v) is 3.28. The normalized spacial score (nSPS) is 10.5. The third-order valence-electron chi connectivity index (χ3n) is 4.90. The van der Waals surface area contributed by atoms with Crippen molar-refractivity contribution in [2.75, 3.05) is 17.2 Å². The number of carbonyl (C=O) groups excluding carboxylic acids is 2. The Morgan fingerprint density at radius 2 is 1.42 bits per heavy atom. The number of ether oxygens (including phenoxy) is 1. The van der Waals surface area contributed by atoms with Gasteiger partial charge in [0.15, 0.2) is 6.61 Å². The van der Waals surface area contributed by atoms with E-state index in [4.69, 9.17) is 4.74 Å². The summed E-state index contributed by atoms with van der Waals surface area (Å²) in [6.45, 7) is 1.72. The van der Waals surface area contributed by atoms with E-state index < -0.39 is 0 Å². The Balaban J connectivity index is 1.58. The highest BCUT2D eigenvalue weighted by Crippen LogP contribution is 2.27. The largest absolute Gasteiger partial charge is 0.483 e. The molecular formula is C26H22N2O3. The number of anilines is 2. The first-order chi connectivity index (χ1) is 15.1. The summed E-state index contributed by atoms with van der Waals surface area (Å²) in [4.78, 5) is 25.4. The molecule has 0 spiro atoms. The average molecular weight is 410 g/mol. The summed E-state index contributed by atoms with van der Waals surface area (Å²) in [5.41, 5.74) is 2.75. The van der Waals surface area contributed by atoms with Gasteiger partial charge < -0.3 is 15.4 Å². The topological polar surface area (TPSA) is 67.4 Å². The molecule has 0 saturated heterocycles. The van der Waals surface area contributed by atoms with Gasteiger partial charge in [0.25, 0.3) is 11.8 Å². The van der Waals surface area contributed by atoms with Crippen LogP contribution in [0.3, 0.4) is 0 Å². The Kier molecular flexibility index (Phi) is 5.94. The van der Waals surface area contributed by atoms with Crippen LogP contribution in [0.5, 0.6) is 5.75 Å². The van der Waals surface area contributed by atoms with Gasteiger partial charge in [0.05, 0.1) is 5.56 Å². The monoisotopic (exact) mass is 410 g/mol. The van der Waals surface area contributed by atoms with Crippen molar-refractivity contribution >= 4 is 34.0 Å². The van der Waals surface area contributed by atoms with Crippen molar-refractivity contribution in [3.8, 4) is 5.75 Å². The van der Waals surface area contributed by atoms with Crippen molar-refractivity contribution in [3.05, 3.63) is 102 Å². The van der Waals surface area contributed by atoms with Crippen molar-refractivity contribution < 1.29 is 14.3 Å². The molecule has 0 radical (unpaired) electrons. The Labute approximate surface area is 180 Å². The first-order valence-corrected chi connectivity index (χ1v) is 9.97. The average Bonchev–Trinajstić information content (AvgIpc) is 2.79. The molecule has 0 aromatic heterocycles. The van der Waals surface area contributed by atoms with E-state index in [1.807, 2.05) is 73.7 Å². The molecule has 2 amide bonds. The number of para-hydroxylation sites is 2. The van der Waals surface area contributed by atoms with Gasteiger partial charge >= 0.3 is 0 Å². The number of benzene rings is 4. The molecule has 2 N–H and O–H groups in total. The number of hydrogen-bond donors (Lipinski definition) is 2. The number of aryl methyl sites for hydroxylation is 1. The molecule has 0 aliphatic carbocycles. The minimum absolute atomic E-state index is 0.210. The lowest BCUT2D eigenvalue weighted by molar-refractivity contribution is -0.118. The van der Waals surface area contributed by atoms with E-state index in [9.17, 15) is 9.59 Å².